The van der Waals surface area contributed by atoms with Crippen molar-refractivity contribution in [2.45, 2.75) is 32.0 Å². The van der Waals surface area contributed by atoms with E-state index in [-0.39, 0.29) is 36.7 Å². The van der Waals surface area contributed by atoms with Gasteiger partial charge in [-0.15, -0.1) is 24.8 Å². The Morgan fingerprint density at radius 2 is 2.04 bits per heavy atom. The van der Waals surface area contributed by atoms with Crippen LogP contribution in [0.5, 0.6) is 0 Å². The van der Waals surface area contributed by atoms with Gasteiger partial charge in [-0.05, 0) is 49.7 Å². The highest BCUT2D eigenvalue weighted by Crippen LogP contribution is 2.26. The first-order valence-electron chi connectivity index (χ1n) is 8.74. The summed E-state index contributed by atoms with van der Waals surface area (Å²) in [5, 5.41) is 9.69. The molecular formula is C18H25Cl2FN6. The molecule has 2 aromatic rings. The van der Waals surface area contributed by atoms with Crippen LogP contribution in [0.3, 0.4) is 0 Å². The van der Waals surface area contributed by atoms with Gasteiger partial charge in [-0.25, -0.2) is 9.37 Å². The van der Waals surface area contributed by atoms with Crippen LogP contribution >= 0.6 is 24.8 Å². The van der Waals surface area contributed by atoms with Crippen molar-refractivity contribution in [3.05, 3.63) is 41.3 Å². The Morgan fingerprint density at radius 3 is 2.81 bits per heavy atom. The average molecular weight is 415 g/mol. The quantitative estimate of drug-likeness (QED) is 0.712. The van der Waals surface area contributed by atoms with E-state index in [1.165, 1.54) is 17.3 Å². The van der Waals surface area contributed by atoms with E-state index in [1.807, 2.05) is 6.07 Å². The van der Waals surface area contributed by atoms with Gasteiger partial charge in [-0.3, -0.25) is 4.90 Å². The van der Waals surface area contributed by atoms with Crippen LogP contribution in [0.2, 0.25) is 0 Å². The van der Waals surface area contributed by atoms with Gasteiger partial charge in [0.15, 0.2) is 11.6 Å². The van der Waals surface area contributed by atoms with Gasteiger partial charge in [0.1, 0.15) is 0 Å². The van der Waals surface area contributed by atoms with E-state index in [0.29, 0.717) is 5.95 Å². The zero-order chi connectivity index (χ0) is 17.2. The van der Waals surface area contributed by atoms with Gasteiger partial charge in [0, 0.05) is 31.4 Å². The zero-order valence-electron chi connectivity index (χ0n) is 15.2. The first-order chi connectivity index (χ1) is 12.2. The fourth-order valence-electron chi connectivity index (χ4n) is 3.47. The lowest BCUT2D eigenvalue weighted by Crippen LogP contribution is -2.38. The van der Waals surface area contributed by atoms with Gasteiger partial charge in [0.25, 0.3) is 0 Å². The summed E-state index contributed by atoms with van der Waals surface area (Å²) in [5.74, 6) is 0.234. The van der Waals surface area contributed by atoms with Crippen LogP contribution in [-0.2, 0) is 13.1 Å². The molecule has 2 aliphatic heterocycles. The van der Waals surface area contributed by atoms with Gasteiger partial charge in [0.05, 0.1) is 6.20 Å². The number of nitrogens with zero attached hydrogens (tertiary/aromatic N) is 3. The van der Waals surface area contributed by atoms with Crippen LogP contribution in [-0.4, -0.2) is 41.0 Å². The Bertz CT molecular complexity index is 770. The van der Waals surface area contributed by atoms with Crippen molar-refractivity contribution in [3.8, 4) is 0 Å². The van der Waals surface area contributed by atoms with Crippen molar-refractivity contribution in [1.82, 2.24) is 20.2 Å². The third-order valence-corrected chi connectivity index (χ3v) is 4.72. The summed E-state index contributed by atoms with van der Waals surface area (Å²) in [6.45, 7) is 3.76. The van der Waals surface area contributed by atoms with E-state index in [2.05, 4.69) is 50.0 Å². The van der Waals surface area contributed by atoms with Gasteiger partial charge >= 0.3 is 0 Å². The lowest BCUT2D eigenvalue weighted by Gasteiger charge is -2.24. The topological polar surface area (TPSA) is 65.1 Å². The molecule has 1 saturated heterocycles. The predicted molar refractivity (Wildman–Crippen MR) is 111 cm³/mol. The van der Waals surface area contributed by atoms with Crippen molar-refractivity contribution in [2.75, 3.05) is 30.8 Å². The van der Waals surface area contributed by atoms with Crippen LogP contribution in [0.25, 0.3) is 0 Å². The molecule has 1 aromatic carbocycles. The number of hydrogen-bond donors (Lipinski definition) is 3. The molecule has 9 heteroatoms. The largest absolute Gasteiger partial charge is 0.363 e. The number of aromatic nitrogens is 2. The molecule has 4 rings (SSSR count). The molecule has 3 heterocycles. The molecule has 3 N–H and O–H groups in total. The predicted octanol–water partition coefficient (Wildman–Crippen LogP) is 3.31. The molecule has 0 radical (unpaired) electrons. The Hall–Kier alpha value is -1.67. The standard InChI is InChI=1S/C18H23FN6.2ClH/c1-25-10-12-4-5-14(7-13(12)11-25)23-18-21-9-16(19)17(24-18)22-15-3-2-6-20-8-15;;/h4-5,7,9,15,20H,2-3,6,8,10-11H2,1H3,(H2,21,22,23,24);2*1H/t15-;;/m1../s1. The summed E-state index contributed by atoms with van der Waals surface area (Å²) in [6, 6.07) is 6.45. The summed E-state index contributed by atoms with van der Waals surface area (Å²) in [5.41, 5.74) is 3.58. The molecule has 0 aliphatic carbocycles. The minimum atomic E-state index is -0.424. The molecule has 1 atom stereocenters. The van der Waals surface area contributed by atoms with E-state index in [0.717, 1.165) is 44.7 Å². The Morgan fingerprint density at radius 1 is 1.22 bits per heavy atom. The second kappa shape index (κ2) is 9.50. The number of piperidine rings is 1. The van der Waals surface area contributed by atoms with Crippen molar-refractivity contribution < 1.29 is 4.39 Å². The van der Waals surface area contributed by atoms with E-state index >= 15 is 0 Å². The minimum absolute atomic E-state index is 0. The normalized spacial score (nSPS) is 18.8. The van der Waals surface area contributed by atoms with Crippen LogP contribution in [0, 0.1) is 5.82 Å². The number of hydrogen-bond acceptors (Lipinski definition) is 6. The first kappa shape index (κ1) is 21.6. The van der Waals surface area contributed by atoms with Gasteiger partial charge in [-0.2, -0.15) is 4.98 Å². The summed E-state index contributed by atoms with van der Waals surface area (Å²) in [4.78, 5) is 10.7. The average Bonchev–Trinajstić information content (AvgIpc) is 2.98. The third kappa shape index (κ3) is 5.19. The van der Waals surface area contributed by atoms with Crippen LogP contribution in [0.1, 0.15) is 24.0 Å². The molecule has 0 spiro atoms. The molecule has 1 fully saturated rings. The monoisotopic (exact) mass is 414 g/mol. The third-order valence-electron chi connectivity index (χ3n) is 4.72. The molecule has 148 valence electrons. The highest BCUT2D eigenvalue weighted by Gasteiger charge is 2.17. The lowest BCUT2D eigenvalue weighted by molar-refractivity contribution is 0.353. The number of rotatable bonds is 4. The Kier molecular flexibility index (Phi) is 7.61. The van der Waals surface area contributed by atoms with Gasteiger partial charge < -0.3 is 16.0 Å². The number of fused-ring (bicyclic) bond motifs is 1. The lowest BCUT2D eigenvalue weighted by atomic mass is 10.1. The van der Waals surface area contributed by atoms with E-state index < -0.39 is 5.82 Å². The van der Waals surface area contributed by atoms with Crippen molar-refractivity contribution in [1.29, 1.82) is 0 Å². The van der Waals surface area contributed by atoms with Gasteiger partial charge in [0.2, 0.25) is 5.95 Å². The minimum Gasteiger partial charge on any atom is -0.363 e. The molecule has 1 aromatic heterocycles. The number of anilines is 3. The molecule has 0 saturated carbocycles. The number of halogens is 3. The van der Waals surface area contributed by atoms with Crippen molar-refractivity contribution in [2.24, 2.45) is 0 Å². The van der Waals surface area contributed by atoms with Gasteiger partial charge in [-0.1, -0.05) is 6.07 Å². The molecule has 0 unspecified atom stereocenters. The SMILES string of the molecule is CN1Cc2ccc(Nc3ncc(F)c(N[C@@H]4CCCNC4)n3)cc2C1.Cl.Cl. The summed E-state index contributed by atoms with van der Waals surface area (Å²) in [7, 11) is 2.11. The Labute approximate surface area is 171 Å². The van der Waals surface area contributed by atoms with E-state index in [4.69, 9.17) is 0 Å². The van der Waals surface area contributed by atoms with E-state index in [9.17, 15) is 4.39 Å². The molecule has 0 bridgehead atoms. The molecule has 2 aliphatic rings. The summed E-state index contributed by atoms with van der Waals surface area (Å²) >= 11 is 0. The Balaban J connectivity index is 0.00000131. The maximum absolute atomic E-state index is 14.0. The maximum atomic E-state index is 14.0. The van der Waals surface area contributed by atoms with Crippen LogP contribution in [0.15, 0.2) is 24.4 Å². The highest BCUT2D eigenvalue weighted by atomic mass is 35.5. The highest BCUT2D eigenvalue weighted by molar-refractivity contribution is 5.85. The number of benzene rings is 1. The second-order valence-electron chi connectivity index (χ2n) is 6.86. The van der Waals surface area contributed by atoms with Crippen molar-refractivity contribution >= 4 is 42.3 Å². The zero-order valence-corrected chi connectivity index (χ0v) is 16.8. The fraction of sp³-hybridized carbons (Fsp3) is 0.444. The first-order valence-corrected chi connectivity index (χ1v) is 8.74. The van der Waals surface area contributed by atoms with Crippen LogP contribution < -0.4 is 16.0 Å². The second-order valence-corrected chi connectivity index (χ2v) is 6.86. The smallest absolute Gasteiger partial charge is 0.229 e. The summed E-state index contributed by atoms with van der Waals surface area (Å²) in [6.07, 6.45) is 3.31. The van der Waals surface area contributed by atoms with Crippen molar-refractivity contribution in [3.63, 3.8) is 0 Å². The fourth-order valence-corrected chi connectivity index (χ4v) is 3.47. The van der Waals surface area contributed by atoms with E-state index in [1.54, 1.807) is 0 Å². The molecule has 6 nitrogen and oxygen atoms in total. The maximum Gasteiger partial charge on any atom is 0.229 e. The summed E-state index contributed by atoms with van der Waals surface area (Å²) < 4.78 is 14.0. The number of nitrogens with one attached hydrogen (secondary N) is 3. The molecule has 27 heavy (non-hydrogen) atoms. The molecular weight excluding hydrogens is 390 g/mol. The molecule has 0 amide bonds. The van der Waals surface area contributed by atoms with Crippen LogP contribution in [0.4, 0.5) is 21.8 Å².